The first-order valence-electron chi connectivity index (χ1n) is 6.89. The summed E-state index contributed by atoms with van der Waals surface area (Å²) in [7, 11) is 0. The first-order valence-corrected chi connectivity index (χ1v) is 7.30. The number of thiocarbonyl (C=S) groups is 1. The van der Waals surface area contributed by atoms with E-state index in [1.54, 1.807) is 0 Å². The molecule has 4 heteroatoms. The smallest absolute Gasteiger partial charge is 0.278 e. The van der Waals surface area contributed by atoms with E-state index < -0.39 is 0 Å². The van der Waals surface area contributed by atoms with Gasteiger partial charge in [-0.1, -0.05) is 72.9 Å². The summed E-state index contributed by atoms with van der Waals surface area (Å²) >= 11 is 5.08. The molecule has 0 bridgehead atoms. The van der Waals surface area contributed by atoms with E-state index in [0.29, 0.717) is 13.1 Å². The van der Waals surface area contributed by atoms with Crippen molar-refractivity contribution in [3.63, 3.8) is 0 Å². The Morgan fingerprint density at radius 3 is 2.05 bits per heavy atom. The summed E-state index contributed by atoms with van der Waals surface area (Å²) in [5, 5.41) is 5.79. The quantitative estimate of drug-likeness (QED) is 0.833. The minimum absolute atomic E-state index is 0.225. The molecule has 2 rings (SSSR count). The maximum absolute atomic E-state index is 11.8. The maximum Gasteiger partial charge on any atom is 0.278 e. The van der Waals surface area contributed by atoms with Crippen LogP contribution in [-0.2, 0) is 17.8 Å². The van der Waals surface area contributed by atoms with Crippen LogP contribution in [0, 0.1) is 0 Å². The molecular weight excluding hydrogens is 280 g/mol. The Labute approximate surface area is 130 Å². The fraction of sp³-hybridized carbons (Fsp3) is 0.176. The van der Waals surface area contributed by atoms with E-state index in [9.17, 15) is 4.79 Å². The molecule has 0 fully saturated rings. The van der Waals surface area contributed by atoms with Crippen LogP contribution in [0.25, 0.3) is 0 Å². The van der Waals surface area contributed by atoms with Crippen molar-refractivity contribution in [3.8, 4) is 0 Å². The van der Waals surface area contributed by atoms with Gasteiger partial charge in [0.15, 0.2) is 4.99 Å². The Hall–Kier alpha value is -2.20. The van der Waals surface area contributed by atoms with Crippen molar-refractivity contribution in [2.24, 2.45) is 0 Å². The third-order valence-electron chi connectivity index (χ3n) is 3.04. The molecule has 0 aromatic heterocycles. The molecule has 2 aromatic rings. The van der Waals surface area contributed by atoms with E-state index in [1.807, 2.05) is 60.7 Å². The number of amides is 1. The number of carbonyl (C=O) groups excluding carboxylic acids is 1. The van der Waals surface area contributed by atoms with Crippen molar-refractivity contribution >= 4 is 23.1 Å². The third kappa shape index (κ3) is 5.36. The molecule has 0 heterocycles. The van der Waals surface area contributed by atoms with Gasteiger partial charge in [-0.25, -0.2) is 0 Å². The van der Waals surface area contributed by atoms with Crippen LogP contribution in [0.5, 0.6) is 0 Å². The predicted molar refractivity (Wildman–Crippen MR) is 89.0 cm³/mol. The highest BCUT2D eigenvalue weighted by Crippen LogP contribution is 1.99. The summed E-state index contributed by atoms with van der Waals surface area (Å²) in [6, 6.07) is 19.9. The fourth-order valence-corrected chi connectivity index (χ4v) is 2.05. The van der Waals surface area contributed by atoms with Crippen LogP contribution in [0.1, 0.15) is 11.1 Å². The number of carbonyl (C=O) groups is 1. The molecule has 1 amide bonds. The second-order valence-corrected chi connectivity index (χ2v) is 5.07. The van der Waals surface area contributed by atoms with Crippen LogP contribution in [0.4, 0.5) is 0 Å². The Morgan fingerprint density at radius 2 is 1.43 bits per heavy atom. The van der Waals surface area contributed by atoms with Crippen molar-refractivity contribution < 1.29 is 4.79 Å². The zero-order valence-electron chi connectivity index (χ0n) is 11.7. The second kappa shape index (κ2) is 8.17. The maximum atomic E-state index is 11.8. The molecule has 21 heavy (non-hydrogen) atoms. The van der Waals surface area contributed by atoms with Gasteiger partial charge in [-0.2, -0.15) is 0 Å². The Kier molecular flexibility index (Phi) is 5.91. The lowest BCUT2D eigenvalue weighted by Crippen LogP contribution is -2.39. The van der Waals surface area contributed by atoms with Crippen LogP contribution >= 0.6 is 12.2 Å². The average molecular weight is 298 g/mol. The van der Waals surface area contributed by atoms with Gasteiger partial charge in [0.25, 0.3) is 5.91 Å². The standard InChI is InChI=1S/C17H18N2OS/c20-16(18-12-11-14-7-3-1-4-8-14)17(21)19-13-15-9-5-2-6-10-15/h1-10H,11-13H2,(H,18,20)(H,19,21). The van der Waals surface area contributed by atoms with E-state index in [0.717, 1.165) is 12.0 Å². The van der Waals surface area contributed by atoms with Gasteiger partial charge < -0.3 is 10.6 Å². The second-order valence-electron chi connectivity index (χ2n) is 4.66. The van der Waals surface area contributed by atoms with Gasteiger partial charge in [0.05, 0.1) is 0 Å². The zero-order valence-corrected chi connectivity index (χ0v) is 12.5. The zero-order chi connectivity index (χ0) is 14.9. The first-order chi connectivity index (χ1) is 10.3. The van der Waals surface area contributed by atoms with Gasteiger partial charge in [0.2, 0.25) is 0 Å². The minimum Gasteiger partial charge on any atom is -0.368 e. The number of hydrogen-bond acceptors (Lipinski definition) is 2. The lowest BCUT2D eigenvalue weighted by Gasteiger charge is -2.09. The summed E-state index contributed by atoms with van der Waals surface area (Å²) in [4.78, 5) is 12.1. The van der Waals surface area contributed by atoms with Crippen molar-refractivity contribution in [1.29, 1.82) is 0 Å². The van der Waals surface area contributed by atoms with E-state index in [-0.39, 0.29) is 10.9 Å². The Balaban J connectivity index is 1.69. The van der Waals surface area contributed by atoms with Gasteiger partial charge in [-0.3, -0.25) is 4.79 Å². The monoisotopic (exact) mass is 298 g/mol. The van der Waals surface area contributed by atoms with Crippen LogP contribution in [0.2, 0.25) is 0 Å². The van der Waals surface area contributed by atoms with Gasteiger partial charge in [0, 0.05) is 13.1 Å². The largest absolute Gasteiger partial charge is 0.368 e. The summed E-state index contributed by atoms with van der Waals surface area (Å²) in [5.74, 6) is -0.225. The molecule has 0 saturated carbocycles. The topological polar surface area (TPSA) is 41.1 Å². The molecule has 2 N–H and O–H groups in total. The van der Waals surface area contributed by atoms with E-state index in [4.69, 9.17) is 12.2 Å². The van der Waals surface area contributed by atoms with E-state index >= 15 is 0 Å². The molecule has 0 aliphatic heterocycles. The van der Waals surface area contributed by atoms with E-state index in [1.165, 1.54) is 5.56 Å². The molecular formula is C17H18N2OS. The van der Waals surface area contributed by atoms with Gasteiger partial charge >= 0.3 is 0 Å². The predicted octanol–water partition coefficient (Wildman–Crippen LogP) is 2.46. The number of nitrogens with one attached hydrogen (secondary N) is 2. The van der Waals surface area contributed by atoms with E-state index in [2.05, 4.69) is 10.6 Å². The molecule has 0 aliphatic rings. The molecule has 3 nitrogen and oxygen atoms in total. The summed E-state index contributed by atoms with van der Waals surface area (Å²) in [6.45, 7) is 1.14. The summed E-state index contributed by atoms with van der Waals surface area (Å²) < 4.78 is 0. The minimum atomic E-state index is -0.225. The molecule has 0 unspecified atom stereocenters. The van der Waals surface area contributed by atoms with Crippen LogP contribution in [0.3, 0.4) is 0 Å². The highest BCUT2D eigenvalue weighted by Gasteiger charge is 2.07. The molecule has 0 atom stereocenters. The number of hydrogen-bond donors (Lipinski definition) is 2. The van der Waals surface area contributed by atoms with Crippen molar-refractivity contribution in [3.05, 3.63) is 71.8 Å². The van der Waals surface area contributed by atoms with Crippen LogP contribution < -0.4 is 10.6 Å². The lowest BCUT2D eigenvalue weighted by molar-refractivity contribution is -0.114. The first kappa shape index (κ1) is 15.2. The fourth-order valence-electron chi connectivity index (χ4n) is 1.90. The highest BCUT2D eigenvalue weighted by atomic mass is 32.1. The Morgan fingerprint density at radius 1 is 0.857 bits per heavy atom. The molecule has 0 aliphatic carbocycles. The molecule has 0 saturated heterocycles. The lowest BCUT2D eigenvalue weighted by atomic mass is 10.1. The number of benzene rings is 2. The van der Waals surface area contributed by atoms with Crippen LogP contribution in [0.15, 0.2) is 60.7 Å². The average Bonchev–Trinajstić information content (AvgIpc) is 2.54. The molecule has 2 aromatic carbocycles. The SMILES string of the molecule is O=C(NCCc1ccccc1)C(=S)NCc1ccccc1. The van der Waals surface area contributed by atoms with Crippen molar-refractivity contribution in [1.82, 2.24) is 10.6 Å². The Bertz CT molecular complexity index is 584. The summed E-state index contributed by atoms with van der Waals surface area (Å²) in [5.41, 5.74) is 2.29. The van der Waals surface area contributed by atoms with Gasteiger partial charge in [-0.05, 0) is 17.5 Å². The van der Waals surface area contributed by atoms with Gasteiger partial charge in [0.1, 0.15) is 0 Å². The highest BCUT2D eigenvalue weighted by molar-refractivity contribution is 7.82. The summed E-state index contributed by atoms with van der Waals surface area (Å²) in [6.07, 6.45) is 0.799. The van der Waals surface area contributed by atoms with Crippen molar-refractivity contribution in [2.75, 3.05) is 6.54 Å². The molecule has 108 valence electrons. The normalized spacial score (nSPS) is 9.90. The molecule has 0 radical (unpaired) electrons. The van der Waals surface area contributed by atoms with Crippen molar-refractivity contribution in [2.45, 2.75) is 13.0 Å². The number of rotatable bonds is 5. The third-order valence-corrected chi connectivity index (χ3v) is 3.37. The van der Waals surface area contributed by atoms with Crippen LogP contribution in [-0.4, -0.2) is 17.4 Å². The molecule has 0 spiro atoms. The van der Waals surface area contributed by atoms with Gasteiger partial charge in [-0.15, -0.1) is 0 Å².